The van der Waals surface area contributed by atoms with Crippen LogP contribution in [0.5, 0.6) is 0 Å². The molecule has 0 amide bonds. The third-order valence-corrected chi connectivity index (χ3v) is 4.16. The van der Waals surface area contributed by atoms with Crippen LogP contribution in [-0.2, 0) is 41.9 Å². The molecule has 0 aromatic heterocycles. The molecular weight excluding hydrogens is 512 g/mol. The first-order valence-electron chi connectivity index (χ1n) is 12.2. The van der Waals surface area contributed by atoms with Crippen molar-refractivity contribution in [1.29, 1.82) is 0 Å². The molecule has 34 heavy (non-hydrogen) atoms. The Morgan fingerprint density at radius 3 is 1.21 bits per heavy atom. The van der Waals surface area contributed by atoms with Crippen molar-refractivity contribution in [2.24, 2.45) is 5.92 Å². The molecule has 0 unspecified atom stereocenters. The van der Waals surface area contributed by atoms with Crippen LogP contribution in [0.2, 0.25) is 0 Å². The fraction of sp³-hybridized carbons (Fsp3) is 0.704. The summed E-state index contributed by atoms with van der Waals surface area (Å²) in [5, 5.41) is 15.2. The van der Waals surface area contributed by atoms with Crippen molar-refractivity contribution < 1.29 is 52.1 Å². The van der Waals surface area contributed by atoms with Crippen LogP contribution in [0.3, 0.4) is 0 Å². The van der Waals surface area contributed by atoms with Gasteiger partial charge in [-0.15, -0.1) is 0 Å². The number of unbranched alkanes of at least 4 members (excludes halogenated alkanes) is 12. The Hall–Kier alpha value is -1.23. The minimum absolute atomic E-state index is 0.300. The number of aliphatic carboxylic acids is 2. The molecule has 0 aliphatic heterocycles. The van der Waals surface area contributed by atoms with Crippen LogP contribution in [0.15, 0.2) is 25.3 Å². The molecule has 0 saturated heterocycles. The number of carboxylic acids is 2. The third kappa shape index (κ3) is 77.4. The molecule has 0 rings (SSSR count). The summed E-state index contributed by atoms with van der Waals surface area (Å²) in [6, 6.07) is 0. The molecule has 7 heteroatoms. The number of carboxylic acid groups (broad SMARTS) is 2. The van der Waals surface area contributed by atoms with Gasteiger partial charge >= 0.3 is 39.5 Å². The fourth-order valence-electron chi connectivity index (χ4n) is 2.52. The zero-order valence-electron chi connectivity index (χ0n) is 22.2. The van der Waals surface area contributed by atoms with E-state index in [-0.39, 0.29) is 0 Å². The van der Waals surface area contributed by atoms with Crippen LogP contribution in [0.1, 0.15) is 118 Å². The Labute approximate surface area is 225 Å². The predicted molar refractivity (Wildman–Crippen MR) is 137 cm³/mol. The molecular formula is C27H50O6Zr. The van der Waals surface area contributed by atoms with E-state index >= 15 is 0 Å². The molecule has 198 valence electrons. The van der Waals surface area contributed by atoms with Gasteiger partial charge in [-0.1, -0.05) is 110 Å². The van der Waals surface area contributed by atoms with Gasteiger partial charge in [0.25, 0.3) is 0 Å². The van der Waals surface area contributed by atoms with E-state index in [0.717, 1.165) is 24.5 Å². The van der Waals surface area contributed by atoms with Crippen molar-refractivity contribution in [3.05, 3.63) is 31.7 Å². The van der Waals surface area contributed by atoms with Gasteiger partial charge in [0.2, 0.25) is 0 Å². The number of carbonyl (C=O) groups excluding carboxylic acids is 1. The summed E-state index contributed by atoms with van der Waals surface area (Å²) in [4.78, 5) is 28.5. The number of hydrogen-bond acceptors (Lipinski definition) is 4. The molecule has 0 atom stereocenters. The molecule has 0 saturated carbocycles. The van der Waals surface area contributed by atoms with Crippen LogP contribution in [0.4, 0.5) is 0 Å². The topological polar surface area (TPSA) is 109 Å². The van der Waals surface area contributed by atoms with Gasteiger partial charge in [0, 0.05) is 12.2 Å². The number of carbonyl (C=O) groups is 2. The van der Waals surface area contributed by atoms with Crippen molar-refractivity contribution in [3.8, 4) is 0 Å². The van der Waals surface area contributed by atoms with Gasteiger partial charge < -0.3 is 21.4 Å². The maximum atomic E-state index is 10.0. The Kier molecular flexibility index (Phi) is 57.1. The van der Waals surface area contributed by atoms with Crippen LogP contribution in [-0.4, -0.2) is 28.4 Å². The van der Waals surface area contributed by atoms with Crippen molar-refractivity contribution in [2.75, 3.05) is 0 Å². The molecule has 6 nitrogen and oxygen atoms in total. The van der Waals surface area contributed by atoms with Crippen LogP contribution < -0.4 is 0 Å². The first kappa shape index (κ1) is 42.9. The van der Waals surface area contributed by atoms with Gasteiger partial charge in [0.1, 0.15) is 0 Å². The number of hydrogen-bond donors (Lipinski definition) is 2. The molecule has 0 bridgehead atoms. The minimum atomic E-state index is -0.981. The van der Waals surface area contributed by atoms with Crippen LogP contribution >= 0.6 is 0 Å². The summed E-state index contributed by atoms with van der Waals surface area (Å²) in [5.74, 6) is -1.08. The summed E-state index contributed by atoms with van der Waals surface area (Å²) in [6.07, 6.45) is 24.0. The van der Waals surface area contributed by atoms with E-state index in [1.54, 1.807) is 0 Å². The van der Waals surface area contributed by atoms with E-state index in [1.807, 2.05) is 26.6 Å². The first-order valence-corrected chi connectivity index (χ1v) is 13.2. The van der Waals surface area contributed by atoms with E-state index in [9.17, 15) is 14.4 Å². The van der Waals surface area contributed by atoms with Gasteiger partial charge in [-0.3, -0.25) is 6.29 Å². The van der Waals surface area contributed by atoms with E-state index in [1.165, 1.54) is 77.0 Å². The van der Waals surface area contributed by atoms with Gasteiger partial charge in [-0.25, -0.2) is 9.59 Å². The molecule has 0 aromatic carbocycles. The van der Waals surface area contributed by atoms with Crippen molar-refractivity contribution in [3.63, 3.8) is 0 Å². The normalized spacial score (nSPS) is 8.79. The van der Waals surface area contributed by atoms with E-state index < -0.39 is 11.9 Å². The molecule has 0 heterocycles. The summed E-state index contributed by atoms with van der Waals surface area (Å²) in [7, 11) is 0. The summed E-state index contributed by atoms with van der Waals surface area (Å²) in [6.45, 7) is 14.6. The average Bonchev–Trinajstić information content (AvgIpc) is 2.81. The Bertz CT molecular complexity index is 421. The zero-order chi connectivity index (χ0) is 27.5. The summed E-state index contributed by atoms with van der Waals surface area (Å²) in [5.41, 5.74) is 0. The van der Waals surface area contributed by atoms with E-state index in [0.29, 0.717) is 31.1 Å². The molecule has 0 fully saturated rings. The van der Waals surface area contributed by atoms with Crippen molar-refractivity contribution in [2.45, 2.75) is 118 Å². The molecule has 2 N–H and O–H groups in total. The van der Waals surface area contributed by atoms with Crippen molar-refractivity contribution in [1.82, 2.24) is 0 Å². The van der Waals surface area contributed by atoms with Gasteiger partial charge in [-0.05, 0) is 5.92 Å². The quantitative estimate of drug-likeness (QED) is 0.106. The van der Waals surface area contributed by atoms with Crippen LogP contribution in [0, 0.1) is 12.3 Å². The summed E-state index contributed by atoms with van der Waals surface area (Å²) < 4.78 is 8.34. The Morgan fingerprint density at radius 2 is 1.00 bits per heavy atom. The molecule has 0 spiro atoms. The Balaban J connectivity index is -0.000000152. The second-order valence-electron chi connectivity index (χ2n) is 7.98. The van der Waals surface area contributed by atoms with Crippen LogP contribution in [0.25, 0.3) is 0 Å². The molecule has 0 aliphatic rings. The monoisotopic (exact) mass is 560 g/mol. The van der Waals surface area contributed by atoms with Crippen molar-refractivity contribution >= 4 is 18.2 Å². The zero-order valence-corrected chi connectivity index (χ0v) is 24.6. The van der Waals surface area contributed by atoms with E-state index in [2.05, 4.69) is 27.0 Å². The van der Waals surface area contributed by atoms with Gasteiger partial charge in [-0.2, -0.15) is 20.3 Å². The Morgan fingerprint density at radius 1 is 0.765 bits per heavy atom. The molecule has 0 radical (unpaired) electrons. The first-order chi connectivity index (χ1) is 16.2. The van der Waals surface area contributed by atoms with E-state index in [4.69, 9.17) is 13.0 Å². The predicted octanol–water partition coefficient (Wildman–Crippen LogP) is 7.84. The second-order valence-corrected chi connectivity index (χ2v) is 7.98. The fourth-order valence-corrected chi connectivity index (χ4v) is 2.52. The maximum absolute atomic E-state index is 10.0. The average molecular weight is 562 g/mol. The second kappa shape index (κ2) is 45.3. The SMILES string of the molecule is C=CC(=O)O.C=CC(=O)O.CC(C)CCCCCCCCCCCCCC[C-]=O.C[CH-]C.[O]=[Zr+2]. The van der Waals surface area contributed by atoms with Gasteiger partial charge in [0.05, 0.1) is 0 Å². The van der Waals surface area contributed by atoms with Gasteiger partial charge in [0.15, 0.2) is 0 Å². The molecule has 0 aliphatic carbocycles. The molecule has 0 aromatic rings. The summed E-state index contributed by atoms with van der Waals surface area (Å²) >= 11 is 0.300. The third-order valence-electron chi connectivity index (χ3n) is 4.16. The number of rotatable bonds is 17. The standard InChI is InChI=1S/C18H35O.2C3H4O2.C3H7.O.Zr/c1-18(2)16-14-12-10-8-6-4-3-5-7-9-11-13-15-17-19;2*1-2-3(4)5;1-3-2;;/h18H,3-16H2,1-2H3;2*2H,1H2,(H,4,5);3H,1-2H3;;/q-1;;;-1;;+2.